The summed E-state index contributed by atoms with van der Waals surface area (Å²) < 4.78 is 1.98. The van der Waals surface area contributed by atoms with Gasteiger partial charge in [0, 0.05) is 22.6 Å². The molecule has 0 radical (unpaired) electrons. The summed E-state index contributed by atoms with van der Waals surface area (Å²) in [5, 5.41) is 5.41. The van der Waals surface area contributed by atoms with Crippen LogP contribution in [0.3, 0.4) is 0 Å². The van der Waals surface area contributed by atoms with Gasteiger partial charge in [0.05, 0.1) is 0 Å². The molecule has 1 N–H and O–H groups in total. The standard InChI is InChI=1S/C16H19N3OS.ClH/c1-21-16-17-15(20)14-12-8-3-2-6-10(12)11-7-4-5-9-13(11)19(14)18-16;/h2-9H2,1H3;1H. The smallest absolute Gasteiger partial charge is 0.325 e. The molecule has 2 aliphatic rings. The molecular formula is C16H20ClN3OS. The first kappa shape index (κ1) is 15.8. The summed E-state index contributed by atoms with van der Waals surface area (Å²) >= 11 is 1.50. The number of rotatable bonds is 1. The van der Waals surface area contributed by atoms with Crippen LogP contribution in [0.15, 0.2) is 9.95 Å². The fourth-order valence-electron chi connectivity index (χ4n) is 3.92. The Bertz CT molecular complexity index is 787. The normalized spacial score (nSPS) is 16.8. The highest BCUT2D eigenvalue weighted by atomic mass is 35.5. The summed E-state index contributed by atoms with van der Waals surface area (Å²) in [5.74, 6) is 0. The number of thioether (sulfide) groups is 1. The van der Waals surface area contributed by atoms with E-state index in [4.69, 9.17) is 5.10 Å². The summed E-state index contributed by atoms with van der Waals surface area (Å²) in [6.07, 6.45) is 11.2. The number of halogens is 1. The molecule has 118 valence electrons. The van der Waals surface area contributed by atoms with E-state index in [2.05, 4.69) is 4.98 Å². The lowest BCUT2D eigenvalue weighted by molar-refractivity contribution is -0.596. The van der Waals surface area contributed by atoms with Gasteiger partial charge in [0.15, 0.2) is 0 Å². The molecular weight excluding hydrogens is 318 g/mol. The number of aryl methyl sites for hydroxylation is 2. The molecule has 2 aliphatic carbocycles. The van der Waals surface area contributed by atoms with Gasteiger partial charge in [-0.25, -0.2) is 0 Å². The predicted octanol–water partition coefficient (Wildman–Crippen LogP) is -1.01. The van der Waals surface area contributed by atoms with Crippen molar-refractivity contribution >= 4 is 17.3 Å². The summed E-state index contributed by atoms with van der Waals surface area (Å²) in [5.41, 5.74) is 6.37. The molecule has 0 amide bonds. The van der Waals surface area contributed by atoms with Crippen LogP contribution < -0.4 is 22.5 Å². The summed E-state index contributed by atoms with van der Waals surface area (Å²) in [4.78, 5) is 15.5. The molecule has 0 spiro atoms. The van der Waals surface area contributed by atoms with E-state index < -0.39 is 0 Å². The Balaban J connectivity index is 0.00000144. The number of aromatic nitrogens is 3. The van der Waals surface area contributed by atoms with E-state index in [1.165, 1.54) is 59.8 Å². The lowest BCUT2D eigenvalue weighted by Gasteiger charge is -2.22. The van der Waals surface area contributed by atoms with Crippen molar-refractivity contribution in [3.63, 3.8) is 0 Å². The number of hydrogen-bond donors (Lipinski definition) is 1. The molecule has 0 aromatic carbocycles. The Morgan fingerprint density at radius 1 is 1.00 bits per heavy atom. The number of fused-ring (bicyclic) bond motifs is 6. The predicted molar refractivity (Wildman–Crippen MR) is 83.1 cm³/mol. The Hall–Kier alpha value is -1.07. The third-order valence-electron chi connectivity index (χ3n) is 4.84. The van der Waals surface area contributed by atoms with Crippen molar-refractivity contribution in [2.24, 2.45) is 0 Å². The fourth-order valence-corrected chi connectivity index (χ4v) is 4.28. The lowest BCUT2D eigenvalue weighted by Crippen LogP contribution is -3.00. The minimum atomic E-state index is 0. The Kier molecular flexibility index (Phi) is 4.46. The number of pyridine rings is 1. The van der Waals surface area contributed by atoms with E-state index in [0.29, 0.717) is 5.16 Å². The lowest BCUT2D eigenvalue weighted by atomic mass is 9.83. The molecule has 2 heterocycles. The van der Waals surface area contributed by atoms with Gasteiger partial charge >= 0.3 is 11.1 Å². The van der Waals surface area contributed by atoms with Gasteiger partial charge in [-0.3, -0.25) is 9.78 Å². The van der Waals surface area contributed by atoms with Crippen LogP contribution in [0, 0.1) is 0 Å². The van der Waals surface area contributed by atoms with Crippen LogP contribution in [-0.2, 0) is 25.7 Å². The van der Waals surface area contributed by atoms with Gasteiger partial charge in [-0.15, -0.1) is 0 Å². The number of aromatic amines is 1. The third-order valence-corrected chi connectivity index (χ3v) is 5.41. The van der Waals surface area contributed by atoms with Crippen molar-refractivity contribution in [3.05, 3.63) is 32.7 Å². The van der Waals surface area contributed by atoms with Crippen LogP contribution >= 0.6 is 11.8 Å². The van der Waals surface area contributed by atoms with Gasteiger partial charge in [0.2, 0.25) is 10.9 Å². The zero-order valence-corrected chi connectivity index (χ0v) is 14.3. The number of hydrogen-bond acceptors (Lipinski definition) is 3. The van der Waals surface area contributed by atoms with E-state index in [1.54, 1.807) is 0 Å². The Morgan fingerprint density at radius 2 is 1.64 bits per heavy atom. The zero-order valence-electron chi connectivity index (χ0n) is 12.7. The van der Waals surface area contributed by atoms with E-state index >= 15 is 0 Å². The average Bonchev–Trinajstić information content (AvgIpc) is 2.54. The highest BCUT2D eigenvalue weighted by Gasteiger charge is 2.32. The van der Waals surface area contributed by atoms with Gasteiger partial charge in [-0.2, -0.15) is 0 Å². The average molecular weight is 338 g/mol. The molecule has 22 heavy (non-hydrogen) atoms. The van der Waals surface area contributed by atoms with Gasteiger partial charge in [0.25, 0.3) is 0 Å². The SMILES string of the molecule is CSc1n[n+]2c3c(c4c(c2c(=O)[nH]1)CCCC4)CCCC3.[Cl-]. The van der Waals surface area contributed by atoms with Gasteiger partial charge in [-0.1, -0.05) is 11.8 Å². The maximum absolute atomic E-state index is 12.6. The fraction of sp³-hybridized carbons (Fsp3) is 0.562. The van der Waals surface area contributed by atoms with Gasteiger partial charge < -0.3 is 12.4 Å². The van der Waals surface area contributed by atoms with E-state index in [9.17, 15) is 4.79 Å². The molecule has 4 nitrogen and oxygen atoms in total. The summed E-state index contributed by atoms with van der Waals surface area (Å²) in [7, 11) is 0. The first-order chi connectivity index (χ1) is 10.3. The van der Waals surface area contributed by atoms with Crippen molar-refractivity contribution in [1.29, 1.82) is 0 Å². The van der Waals surface area contributed by atoms with Gasteiger partial charge in [-0.05, 0) is 61.3 Å². The van der Waals surface area contributed by atoms with Crippen molar-refractivity contribution in [2.45, 2.75) is 56.5 Å². The summed E-state index contributed by atoms with van der Waals surface area (Å²) in [6, 6.07) is 0. The monoisotopic (exact) mass is 337 g/mol. The molecule has 2 aromatic heterocycles. The van der Waals surface area contributed by atoms with E-state index in [0.717, 1.165) is 31.2 Å². The van der Waals surface area contributed by atoms with Crippen LogP contribution in [0.1, 0.15) is 48.1 Å². The first-order valence-electron chi connectivity index (χ1n) is 7.85. The maximum Gasteiger partial charge on any atom is 0.325 e. The first-order valence-corrected chi connectivity index (χ1v) is 9.08. The Labute approximate surface area is 140 Å². The van der Waals surface area contributed by atoms with Crippen LogP contribution in [0.5, 0.6) is 0 Å². The van der Waals surface area contributed by atoms with Crippen molar-refractivity contribution in [2.75, 3.05) is 6.26 Å². The van der Waals surface area contributed by atoms with Crippen molar-refractivity contribution in [3.8, 4) is 0 Å². The molecule has 6 heteroatoms. The highest BCUT2D eigenvalue weighted by Crippen LogP contribution is 2.31. The largest absolute Gasteiger partial charge is 1.00 e. The number of nitrogens with zero attached hydrogens (tertiary/aromatic N) is 2. The topological polar surface area (TPSA) is 49.9 Å². The third kappa shape index (κ3) is 2.35. The Morgan fingerprint density at radius 3 is 2.36 bits per heavy atom. The minimum absolute atomic E-state index is 0. The molecule has 0 aliphatic heterocycles. The van der Waals surface area contributed by atoms with Gasteiger partial charge in [0.1, 0.15) is 0 Å². The number of H-pyrrole nitrogens is 1. The molecule has 2 aromatic rings. The summed E-state index contributed by atoms with van der Waals surface area (Å²) in [6.45, 7) is 0. The van der Waals surface area contributed by atoms with E-state index in [1.807, 2.05) is 10.8 Å². The second kappa shape index (κ2) is 6.20. The van der Waals surface area contributed by atoms with Crippen LogP contribution in [-0.4, -0.2) is 16.3 Å². The molecule has 0 fully saturated rings. The molecule has 0 saturated carbocycles. The molecule has 4 rings (SSSR count). The van der Waals surface area contributed by atoms with Crippen LogP contribution in [0.2, 0.25) is 0 Å². The molecule has 0 bridgehead atoms. The second-order valence-corrected chi connectivity index (χ2v) is 6.82. The van der Waals surface area contributed by atoms with Crippen molar-refractivity contribution < 1.29 is 16.9 Å². The van der Waals surface area contributed by atoms with Crippen molar-refractivity contribution in [1.82, 2.24) is 10.1 Å². The molecule has 0 atom stereocenters. The highest BCUT2D eigenvalue weighted by molar-refractivity contribution is 7.98. The van der Waals surface area contributed by atoms with Crippen LogP contribution in [0.4, 0.5) is 0 Å². The molecule has 0 unspecified atom stereocenters. The minimum Gasteiger partial charge on any atom is -1.00 e. The zero-order chi connectivity index (χ0) is 14.4. The number of nitrogens with one attached hydrogen (secondary N) is 1. The second-order valence-electron chi connectivity index (χ2n) is 6.02. The van der Waals surface area contributed by atoms with Crippen LogP contribution in [0.25, 0.3) is 5.52 Å². The van der Waals surface area contributed by atoms with E-state index in [-0.39, 0.29) is 18.0 Å². The molecule has 0 saturated heterocycles. The maximum atomic E-state index is 12.6. The quantitative estimate of drug-likeness (QED) is 0.536.